The Kier molecular flexibility index (Phi) is 5.50. The first-order chi connectivity index (χ1) is 18.0. The lowest BCUT2D eigenvalue weighted by molar-refractivity contribution is 0.242. The Bertz CT molecular complexity index is 1670. The van der Waals surface area contributed by atoms with Crippen LogP contribution < -0.4 is 0 Å². The molecule has 6 rings (SSSR count). The lowest BCUT2D eigenvalue weighted by atomic mass is 9.66. The van der Waals surface area contributed by atoms with E-state index < -0.39 is 26.9 Å². The van der Waals surface area contributed by atoms with Gasteiger partial charge in [-0.1, -0.05) is 19.9 Å². The Labute approximate surface area is 219 Å². The van der Waals surface area contributed by atoms with Gasteiger partial charge in [0.05, 0.1) is 39.5 Å². The predicted molar refractivity (Wildman–Crippen MR) is 136 cm³/mol. The van der Waals surface area contributed by atoms with Crippen molar-refractivity contribution >= 4 is 9.84 Å². The van der Waals surface area contributed by atoms with Crippen LogP contribution in [0, 0.1) is 17.0 Å². The second-order valence-electron chi connectivity index (χ2n) is 10.7. The molecule has 1 fully saturated rings. The lowest BCUT2D eigenvalue weighted by Crippen LogP contribution is -2.38. The smallest absolute Gasteiger partial charge is 0.229 e. The number of benzene rings is 1. The van der Waals surface area contributed by atoms with E-state index in [0.717, 1.165) is 29.8 Å². The second-order valence-corrected chi connectivity index (χ2v) is 13.0. The number of hydrogen-bond acceptors (Lipinski definition) is 7. The Morgan fingerprint density at radius 1 is 1.11 bits per heavy atom. The molecule has 3 heterocycles. The summed E-state index contributed by atoms with van der Waals surface area (Å²) in [6.45, 7) is 4.35. The Morgan fingerprint density at radius 2 is 1.87 bits per heavy atom. The maximum Gasteiger partial charge on any atom is 0.250 e. The van der Waals surface area contributed by atoms with Crippen molar-refractivity contribution in [3.05, 3.63) is 83.1 Å². The van der Waals surface area contributed by atoms with Crippen molar-refractivity contribution in [1.82, 2.24) is 29.9 Å². The molecule has 196 valence electrons. The average molecular weight is 537 g/mol. The molecule has 0 saturated heterocycles. The zero-order valence-corrected chi connectivity index (χ0v) is 22.0. The van der Waals surface area contributed by atoms with Crippen LogP contribution in [-0.2, 0) is 21.7 Å². The van der Waals surface area contributed by atoms with Gasteiger partial charge in [-0.2, -0.15) is 10.2 Å². The summed E-state index contributed by atoms with van der Waals surface area (Å²) >= 11 is 0. The summed E-state index contributed by atoms with van der Waals surface area (Å²) in [5.74, 6) is -0.850. The monoisotopic (exact) mass is 536 g/mol. The molecule has 0 N–H and O–H groups in total. The van der Waals surface area contributed by atoms with Crippen LogP contribution in [-0.4, -0.2) is 50.4 Å². The van der Waals surface area contributed by atoms with E-state index in [1.165, 1.54) is 24.5 Å². The Hall–Kier alpha value is -3.60. The molecule has 0 radical (unpaired) electrons. The first-order valence-corrected chi connectivity index (χ1v) is 14.5. The first-order valence-electron chi connectivity index (χ1n) is 12.4. The van der Waals surface area contributed by atoms with Crippen molar-refractivity contribution in [2.75, 3.05) is 12.0 Å². The van der Waals surface area contributed by atoms with Gasteiger partial charge in [-0.25, -0.2) is 31.8 Å². The molecule has 2 aliphatic rings. The summed E-state index contributed by atoms with van der Waals surface area (Å²) in [7, 11) is -3.10. The van der Waals surface area contributed by atoms with Crippen LogP contribution in [0.5, 0.6) is 0 Å². The van der Waals surface area contributed by atoms with E-state index in [9.17, 15) is 17.2 Å². The molecule has 0 unspecified atom stereocenters. The van der Waals surface area contributed by atoms with Gasteiger partial charge < -0.3 is 0 Å². The fourth-order valence-corrected chi connectivity index (χ4v) is 6.93. The minimum absolute atomic E-state index is 0.0117. The topological polar surface area (TPSA) is 104 Å². The summed E-state index contributed by atoms with van der Waals surface area (Å²) < 4.78 is 53.7. The Morgan fingerprint density at radius 3 is 2.61 bits per heavy atom. The zero-order chi connectivity index (χ0) is 26.9. The van der Waals surface area contributed by atoms with Crippen molar-refractivity contribution in [2.45, 2.75) is 44.4 Å². The molecule has 4 aromatic rings. The fraction of sp³-hybridized carbons (Fsp3) is 0.370. The third-order valence-electron chi connectivity index (χ3n) is 8.26. The largest absolute Gasteiger partial charge is 0.250 e. The fourth-order valence-electron chi connectivity index (χ4n) is 6.35. The molecular formula is C27H26F2N6O2S. The number of rotatable bonds is 6. The van der Waals surface area contributed by atoms with Crippen LogP contribution in [0.1, 0.15) is 55.3 Å². The number of fused-ring (bicyclic) bond motifs is 5. The van der Waals surface area contributed by atoms with Gasteiger partial charge in [-0.3, -0.25) is 0 Å². The van der Waals surface area contributed by atoms with Gasteiger partial charge >= 0.3 is 0 Å². The number of aromatic nitrogens is 6. The summed E-state index contributed by atoms with van der Waals surface area (Å²) in [6, 6.07) is 9.18. The van der Waals surface area contributed by atoms with Crippen molar-refractivity contribution < 1.29 is 17.2 Å². The number of halogens is 2. The molecule has 2 bridgehead atoms. The molecule has 1 saturated carbocycles. The lowest BCUT2D eigenvalue weighted by Gasteiger charge is -2.37. The second kappa shape index (κ2) is 8.45. The van der Waals surface area contributed by atoms with Crippen molar-refractivity contribution in [3.8, 4) is 17.2 Å². The highest BCUT2D eigenvalue weighted by atomic mass is 32.2. The molecule has 11 heteroatoms. The molecule has 0 amide bonds. The van der Waals surface area contributed by atoms with Gasteiger partial charge in [-0.05, 0) is 60.1 Å². The van der Waals surface area contributed by atoms with E-state index in [1.54, 1.807) is 29.2 Å². The van der Waals surface area contributed by atoms with Crippen LogP contribution >= 0.6 is 0 Å². The summed E-state index contributed by atoms with van der Waals surface area (Å²) in [6.07, 6.45) is 6.58. The summed E-state index contributed by atoms with van der Waals surface area (Å²) in [5, 5.41) is 13.3. The zero-order valence-electron chi connectivity index (χ0n) is 21.2. The quantitative estimate of drug-likeness (QED) is 0.364. The van der Waals surface area contributed by atoms with Gasteiger partial charge in [0.2, 0.25) is 0 Å². The molecule has 3 aromatic heterocycles. The van der Waals surface area contributed by atoms with Gasteiger partial charge in [0.25, 0.3) is 5.95 Å². The molecule has 1 aromatic carbocycles. The van der Waals surface area contributed by atoms with E-state index >= 15 is 0 Å². The van der Waals surface area contributed by atoms with E-state index in [-0.39, 0.29) is 28.3 Å². The molecular weight excluding hydrogens is 510 g/mol. The highest BCUT2D eigenvalue weighted by Crippen LogP contribution is 2.69. The number of aryl methyl sites for hydroxylation is 1. The highest BCUT2D eigenvalue weighted by Gasteiger charge is 2.65. The van der Waals surface area contributed by atoms with Gasteiger partial charge in [0.1, 0.15) is 21.5 Å². The summed E-state index contributed by atoms with van der Waals surface area (Å²) in [4.78, 5) is 9.31. The molecule has 0 spiro atoms. The molecule has 38 heavy (non-hydrogen) atoms. The normalized spacial score (nSPS) is 21.6. The predicted octanol–water partition coefficient (Wildman–Crippen LogP) is 4.19. The third-order valence-corrected chi connectivity index (χ3v) is 9.21. The minimum Gasteiger partial charge on any atom is -0.229 e. The van der Waals surface area contributed by atoms with E-state index in [4.69, 9.17) is 4.98 Å². The minimum atomic E-state index is -3.10. The van der Waals surface area contributed by atoms with Gasteiger partial charge in [-0.15, -0.1) is 5.10 Å². The van der Waals surface area contributed by atoms with Crippen molar-refractivity contribution in [3.63, 3.8) is 0 Å². The Balaban J connectivity index is 1.41. The van der Waals surface area contributed by atoms with E-state index in [1.807, 2.05) is 6.07 Å². The SMILES string of the molecule is CC1(C)[C@H]2CC[C@]1(c1ccnc(-n3ccc(CCS(C)(=O)=O)n3)n1)c1nnc(-c3c(F)cccc3F)cc12. The van der Waals surface area contributed by atoms with Crippen LogP contribution in [0.15, 0.2) is 48.8 Å². The third kappa shape index (κ3) is 3.66. The van der Waals surface area contributed by atoms with Crippen molar-refractivity contribution in [1.29, 1.82) is 0 Å². The van der Waals surface area contributed by atoms with Crippen LogP contribution in [0.4, 0.5) is 8.78 Å². The van der Waals surface area contributed by atoms with Gasteiger partial charge in [0, 0.05) is 25.1 Å². The maximum absolute atomic E-state index is 14.5. The van der Waals surface area contributed by atoms with Crippen molar-refractivity contribution in [2.24, 2.45) is 5.41 Å². The van der Waals surface area contributed by atoms with Crippen LogP contribution in [0.25, 0.3) is 17.2 Å². The number of hydrogen-bond donors (Lipinski definition) is 0. The van der Waals surface area contributed by atoms with E-state index in [2.05, 4.69) is 34.1 Å². The number of nitrogens with zero attached hydrogens (tertiary/aromatic N) is 6. The average Bonchev–Trinajstić information content (AvgIpc) is 3.50. The molecule has 2 aliphatic carbocycles. The molecule has 2 atom stereocenters. The molecule has 0 aliphatic heterocycles. The van der Waals surface area contributed by atoms with E-state index in [0.29, 0.717) is 18.1 Å². The standard InChI is InChI=1S/C27H26F2N6O2S/c1-26(2)18-7-11-27(26,24-17(18)15-21(32-33-24)23-19(28)5-4-6-20(23)29)22-8-12-30-25(31-22)35-13-9-16(34-35)10-14-38(3,36)37/h4-6,8-9,12-13,15,18H,7,10-11,14H2,1-3H3/t18-,27-/m0/s1. The van der Waals surface area contributed by atoms with Crippen LogP contribution in [0.3, 0.4) is 0 Å². The van der Waals surface area contributed by atoms with Gasteiger partial charge in [0.15, 0.2) is 0 Å². The highest BCUT2D eigenvalue weighted by molar-refractivity contribution is 7.90. The molecule has 8 nitrogen and oxygen atoms in total. The first kappa shape index (κ1) is 24.7. The maximum atomic E-state index is 14.5. The van der Waals surface area contributed by atoms with Crippen LogP contribution in [0.2, 0.25) is 0 Å². The number of sulfone groups is 1. The summed E-state index contributed by atoms with van der Waals surface area (Å²) in [5.41, 5.74) is 2.29.